The zero-order valence-corrected chi connectivity index (χ0v) is 12.5. The predicted octanol–water partition coefficient (Wildman–Crippen LogP) is 4.43. The quantitative estimate of drug-likeness (QED) is 0.809. The zero-order valence-electron chi connectivity index (χ0n) is 10.9. The molecule has 0 bridgehead atoms. The second kappa shape index (κ2) is 5.13. The van der Waals surface area contributed by atoms with E-state index < -0.39 is 0 Å². The Morgan fingerprint density at radius 3 is 2.50 bits per heavy atom. The maximum Gasteiger partial charge on any atom is 0.147 e. The molecule has 0 spiro atoms. The topological polar surface area (TPSA) is 17.1 Å². The van der Waals surface area contributed by atoms with Gasteiger partial charge in [-0.2, -0.15) is 0 Å². The summed E-state index contributed by atoms with van der Waals surface area (Å²) in [7, 11) is 0. The lowest BCUT2D eigenvalue weighted by molar-refractivity contribution is -0.120. The lowest BCUT2D eigenvalue weighted by Gasteiger charge is -2.15. The second-order valence-corrected chi connectivity index (χ2v) is 6.14. The summed E-state index contributed by atoms with van der Waals surface area (Å²) >= 11 is 3.38. The van der Waals surface area contributed by atoms with Crippen molar-refractivity contribution in [3.8, 4) is 0 Å². The number of hydrogen-bond acceptors (Lipinski definition) is 1. The monoisotopic (exact) mass is 332 g/mol. The maximum atomic E-state index is 13.3. The minimum Gasteiger partial charge on any atom is -0.298 e. The molecular weight excluding hydrogens is 319 g/mol. The van der Waals surface area contributed by atoms with E-state index in [0.717, 1.165) is 28.4 Å². The van der Waals surface area contributed by atoms with Gasteiger partial charge in [-0.25, -0.2) is 4.39 Å². The highest BCUT2D eigenvalue weighted by Gasteiger charge is 2.50. The Morgan fingerprint density at radius 1 is 1.15 bits per heavy atom. The van der Waals surface area contributed by atoms with Gasteiger partial charge in [0.25, 0.3) is 0 Å². The smallest absolute Gasteiger partial charge is 0.147 e. The van der Waals surface area contributed by atoms with Crippen LogP contribution in [0.1, 0.15) is 24.0 Å². The highest BCUT2D eigenvalue weighted by molar-refractivity contribution is 9.10. The van der Waals surface area contributed by atoms with E-state index in [1.807, 2.05) is 30.3 Å². The van der Waals surface area contributed by atoms with Crippen LogP contribution in [0.25, 0.3) is 0 Å². The van der Waals surface area contributed by atoms with Crippen molar-refractivity contribution < 1.29 is 9.18 Å². The molecule has 20 heavy (non-hydrogen) atoms. The molecule has 0 atom stereocenters. The third-order valence-electron chi connectivity index (χ3n) is 3.97. The molecule has 1 aliphatic rings. The van der Waals surface area contributed by atoms with Crippen LogP contribution in [0, 0.1) is 5.82 Å². The Hall–Kier alpha value is -1.48. The Balaban J connectivity index is 1.85. The molecule has 0 heterocycles. The number of carbonyl (C=O) groups is 1. The van der Waals surface area contributed by atoms with E-state index in [4.69, 9.17) is 0 Å². The predicted molar refractivity (Wildman–Crippen MR) is 80.2 cm³/mol. The lowest BCUT2D eigenvalue weighted by Crippen LogP contribution is -2.22. The summed E-state index contributed by atoms with van der Waals surface area (Å²) in [5, 5.41) is 0. The van der Waals surface area contributed by atoms with E-state index in [1.54, 1.807) is 6.07 Å². The molecule has 1 saturated carbocycles. The summed E-state index contributed by atoms with van der Waals surface area (Å²) in [5.41, 5.74) is 1.46. The molecule has 1 fully saturated rings. The molecule has 0 unspecified atom stereocenters. The first-order chi connectivity index (χ1) is 9.62. The molecule has 0 amide bonds. The number of hydrogen-bond donors (Lipinski definition) is 0. The van der Waals surface area contributed by atoms with Gasteiger partial charge in [0.05, 0.1) is 5.41 Å². The number of benzene rings is 2. The van der Waals surface area contributed by atoms with E-state index >= 15 is 0 Å². The fourth-order valence-electron chi connectivity index (χ4n) is 2.63. The molecule has 2 aromatic carbocycles. The van der Waals surface area contributed by atoms with E-state index in [9.17, 15) is 9.18 Å². The number of carbonyl (C=O) groups excluding carboxylic acids is 1. The van der Waals surface area contributed by atoms with Gasteiger partial charge in [0.2, 0.25) is 0 Å². The van der Waals surface area contributed by atoms with Gasteiger partial charge < -0.3 is 0 Å². The van der Waals surface area contributed by atoms with Crippen LogP contribution in [-0.4, -0.2) is 5.78 Å². The first kappa shape index (κ1) is 13.5. The first-order valence-electron chi connectivity index (χ1n) is 6.65. The summed E-state index contributed by atoms with van der Waals surface area (Å²) in [6, 6.07) is 14.4. The van der Waals surface area contributed by atoms with Crippen LogP contribution < -0.4 is 0 Å². The number of Topliss-reactive ketones (excluding diaryl/α,β-unsaturated/α-hetero) is 1. The molecule has 0 N–H and O–H groups in total. The van der Waals surface area contributed by atoms with E-state index in [1.165, 1.54) is 12.1 Å². The summed E-state index contributed by atoms with van der Waals surface area (Å²) in [6.45, 7) is 0. The van der Waals surface area contributed by atoms with E-state index in [0.29, 0.717) is 0 Å². The molecule has 1 aliphatic carbocycles. The van der Waals surface area contributed by atoms with Crippen LogP contribution in [0.5, 0.6) is 0 Å². The molecule has 2 aromatic rings. The van der Waals surface area contributed by atoms with Crippen molar-refractivity contribution in [1.29, 1.82) is 0 Å². The zero-order chi connectivity index (χ0) is 14.2. The molecule has 0 aliphatic heterocycles. The van der Waals surface area contributed by atoms with Crippen LogP contribution in [-0.2, 0) is 16.6 Å². The average molecular weight is 333 g/mol. The van der Waals surface area contributed by atoms with Crippen molar-refractivity contribution >= 4 is 21.7 Å². The minimum atomic E-state index is -0.340. The fraction of sp³-hybridized carbons (Fsp3) is 0.235. The van der Waals surface area contributed by atoms with Gasteiger partial charge in [-0.05, 0) is 42.2 Å². The van der Waals surface area contributed by atoms with Crippen molar-refractivity contribution in [3.05, 3.63) is 69.9 Å². The summed E-state index contributed by atoms with van der Waals surface area (Å²) in [6.07, 6.45) is 2.05. The SMILES string of the molecule is O=C(Cc1cc(F)ccc1Br)C1(c2ccccc2)CC1. The van der Waals surface area contributed by atoms with Crippen molar-refractivity contribution in [1.82, 2.24) is 0 Å². The molecule has 3 rings (SSSR count). The van der Waals surface area contributed by atoms with Crippen molar-refractivity contribution in [2.24, 2.45) is 0 Å². The third kappa shape index (κ3) is 2.42. The van der Waals surface area contributed by atoms with Gasteiger partial charge in [-0.1, -0.05) is 46.3 Å². The lowest BCUT2D eigenvalue weighted by atomic mass is 9.88. The highest BCUT2D eigenvalue weighted by atomic mass is 79.9. The van der Waals surface area contributed by atoms with Gasteiger partial charge in [0, 0.05) is 10.9 Å². The van der Waals surface area contributed by atoms with Crippen molar-refractivity contribution in [3.63, 3.8) is 0 Å². The van der Waals surface area contributed by atoms with E-state index in [-0.39, 0.29) is 23.4 Å². The van der Waals surface area contributed by atoms with Gasteiger partial charge in [0.15, 0.2) is 0 Å². The van der Waals surface area contributed by atoms with Crippen LogP contribution in [0.3, 0.4) is 0 Å². The molecule has 0 saturated heterocycles. The van der Waals surface area contributed by atoms with Crippen LogP contribution in [0.2, 0.25) is 0 Å². The number of ketones is 1. The molecule has 0 radical (unpaired) electrons. The normalized spacial score (nSPS) is 15.9. The summed E-state index contributed by atoms with van der Waals surface area (Å²) in [5.74, 6) is -0.129. The van der Waals surface area contributed by atoms with E-state index in [2.05, 4.69) is 15.9 Å². The molecule has 3 heteroatoms. The summed E-state index contributed by atoms with van der Waals surface area (Å²) in [4.78, 5) is 12.6. The maximum absolute atomic E-state index is 13.3. The minimum absolute atomic E-state index is 0.176. The number of halogens is 2. The van der Waals surface area contributed by atoms with Crippen LogP contribution in [0.4, 0.5) is 4.39 Å². The average Bonchev–Trinajstić information content (AvgIpc) is 3.25. The van der Waals surface area contributed by atoms with Crippen molar-refractivity contribution in [2.45, 2.75) is 24.7 Å². The van der Waals surface area contributed by atoms with Gasteiger partial charge in [0.1, 0.15) is 11.6 Å². The highest BCUT2D eigenvalue weighted by Crippen LogP contribution is 2.49. The molecule has 0 aromatic heterocycles. The van der Waals surface area contributed by atoms with Crippen LogP contribution in [0.15, 0.2) is 53.0 Å². The Bertz CT molecular complexity index is 647. The Kier molecular flexibility index (Phi) is 3.47. The summed E-state index contributed by atoms with van der Waals surface area (Å²) < 4.78 is 14.1. The first-order valence-corrected chi connectivity index (χ1v) is 7.44. The fourth-order valence-corrected chi connectivity index (χ4v) is 3.02. The Morgan fingerprint density at radius 2 is 1.85 bits per heavy atom. The molecule has 102 valence electrons. The Labute approximate surface area is 126 Å². The van der Waals surface area contributed by atoms with Crippen molar-refractivity contribution in [2.75, 3.05) is 0 Å². The standard InChI is InChI=1S/C17H14BrFO/c18-15-7-6-14(19)10-12(15)11-16(20)17(8-9-17)13-4-2-1-3-5-13/h1-7,10H,8-9,11H2. The third-order valence-corrected chi connectivity index (χ3v) is 4.74. The number of rotatable bonds is 4. The second-order valence-electron chi connectivity index (χ2n) is 5.28. The largest absolute Gasteiger partial charge is 0.298 e. The molecular formula is C17H14BrFO. The molecule has 1 nitrogen and oxygen atoms in total. The van der Waals surface area contributed by atoms with Gasteiger partial charge in [-0.15, -0.1) is 0 Å². The van der Waals surface area contributed by atoms with Crippen LogP contribution >= 0.6 is 15.9 Å². The van der Waals surface area contributed by atoms with Gasteiger partial charge >= 0.3 is 0 Å². The van der Waals surface area contributed by atoms with Gasteiger partial charge in [-0.3, -0.25) is 4.79 Å².